The highest BCUT2D eigenvalue weighted by Crippen LogP contribution is 2.32. The smallest absolute Gasteiger partial charge is 0.354 e. The third-order valence-corrected chi connectivity index (χ3v) is 4.55. The Hall–Kier alpha value is -3.21. The summed E-state index contributed by atoms with van der Waals surface area (Å²) in [6, 6.07) is 18.1. The number of nitrogens with zero attached hydrogens (tertiary/aromatic N) is 1. The predicted molar refractivity (Wildman–Crippen MR) is 101 cm³/mol. The lowest BCUT2D eigenvalue weighted by Crippen LogP contribution is -2.34. The van der Waals surface area contributed by atoms with E-state index < -0.39 is 0 Å². The van der Waals surface area contributed by atoms with Crippen molar-refractivity contribution in [2.45, 2.75) is 13.1 Å². The van der Waals surface area contributed by atoms with E-state index in [1.807, 2.05) is 42.5 Å². The Bertz CT molecular complexity index is 986. The first kappa shape index (κ1) is 16.3. The molecular formula is C21H20N2O3. The molecule has 132 valence electrons. The molecular weight excluding hydrogens is 328 g/mol. The van der Waals surface area contributed by atoms with Crippen LogP contribution in [0.2, 0.25) is 0 Å². The van der Waals surface area contributed by atoms with Crippen LogP contribution in [0.1, 0.15) is 24.3 Å². The fraction of sp³-hybridized carbons (Fsp3) is 0.190. The maximum Gasteiger partial charge on any atom is 0.354 e. The van der Waals surface area contributed by atoms with Gasteiger partial charge in [-0.05, 0) is 42.8 Å². The molecule has 0 aliphatic carbocycles. The van der Waals surface area contributed by atoms with Gasteiger partial charge in [0.25, 0.3) is 0 Å². The SMILES string of the molecule is CCOC(=O)C1=Cc2cc3ccccc3n2C(c2ccc(OC)cc2)N1. The largest absolute Gasteiger partial charge is 0.497 e. The monoisotopic (exact) mass is 348 g/mol. The van der Waals surface area contributed by atoms with Crippen LogP contribution in [-0.2, 0) is 9.53 Å². The van der Waals surface area contributed by atoms with E-state index >= 15 is 0 Å². The Kier molecular flexibility index (Phi) is 4.13. The molecule has 1 aliphatic heterocycles. The van der Waals surface area contributed by atoms with Crippen molar-refractivity contribution >= 4 is 22.9 Å². The second kappa shape index (κ2) is 6.59. The van der Waals surface area contributed by atoms with Crippen LogP contribution in [0.15, 0.2) is 60.3 Å². The lowest BCUT2D eigenvalue weighted by Gasteiger charge is -2.29. The van der Waals surface area contributed by atoms with Gasteiger partial charge in [-0.25, -0.2) is 4.79 Å². The summed E-state index contributed by atoms with van der Waals surface area (Å²) in [5, 5.41) is 4.46. The number of fused-ring (bicyclic) bond motifs is 3. The minimum Gasteiger partial charge on any atom is -0.497 e. The highest BCUT2D eigenvalue weighted by atomic mass is 16.5. The van der Waals surface area contributed by atoms with Crippen LogP contribution in [-0.4, -0.2) is 24.3 Å². The summed E-state index contributed by atoms with van der Waals surface area (Å²) >= 11 is 0. The zero-order valence-electron chi connectivity index (χ0n) is 14.7. The van der Waals surface area contributed by atoms with Crippen molar-refractivity contribution in [1.82, 2.24) is 9.88 Å². The fourth-order valence-electron chi connectivity index (χ4n) is 3.34. The van der Waals surface area contributed by atoms with Gasteiger partial charge in [0.1, 0.15) is 17.6 Å². The van der Waals surface area contributed by atoms with Crippen LogP contribution >= 0.6 is 0 Å². The van der Waals surface area contributed by atoms with Gasteiger partial charge in [0.05, 0.1) is 19.2 Å². The molecule has 1 aliphatic rings. The molecule has 26 heavy (non-hydrogen) atoms. The zero-order valence-corrected chi connectivity index (χ0v) is 14.7. The minimum absolute atomic E-state index is 0.208. The first-order chi connectivity index (χ1) is 12.7. The summed E-state index contributed by atoms with van der Waals surface area (Å²) in [7, 11) is 1.65. The number of benzene rings is 2. The number of aromatic nitrogens is 1. The minimum atomic E-state index is -0.345. The van der Waals surface area contributed by atoms with E-state index in [1.165, 1.54) is 0 Å². The third-order valence-electron chi connectivity index (χ3n) is 4.55. The van der Waals surface area contributed by atoms with Crippen LogP contribution in [0.3, 0.4) is 0 Å². The Morgan fingerprint density at radius 1 is 1.15 bits per heavy atom. The number of ether oxygens (including phenoxy) is 2. The summed E-state index contributed by atoms with van der Waals surface area (Å²) < 4.78 is 12.6. The maximum absolute atomic E-state index is 12.3. The van der Waals surface area contributed by atoms with Crippen molar-refractivity contribution in [3.05, 3.63) is 71.6 Å². The fourth-order valence-corrected chi connectivity index (χ4v) is 3.34. The zero-order chi connectivity index (χ0) is 18.1. The highest BCUT2D eigenvalue weighted by Gasteiger charge is 2.27. The first-order valence-corrected chi connectivity index (χ1v) is 8.60. The van der Waals surface area contributed by atoms with Gasteiger partial charge in [0.2, 0.25) is 0 Å². The molecule has 1 N–H and O–H groups in total. The molecule has 0 radical (unpaired) electrons. The Morgan fingerprint density at radius 2 is 1.92 bits per heavy atom. The molecule has 5 nitrogen and oxygen atoms in total. The standard InChI is InChI=1S/C21H20N2O3/c1-3-26-21(24)18-13-16-12-15-6-4-5-7-19(15)23(16)20(22-18)14-8-10-17(25-2)11-9-14/h4-13,20,22H,3H2,1-2H3. The molecule has 2 heterocycles. The van der Waals surface area contributed by atoms with E-state index in [9.17, 15) is 4.79 Å². The molecule has 4 rings (SSSR count). The van der Waals surface area contributed by atoms with Gasteiger partial charge >= 0.3 is 5.97 Å². The number of para-hydroxylation sites is 1. The normalized spacial score (nSPS) is 15.8. The molecule has 1 aromatic heterocycles. The molecule has 0 bridgehead atoms. The van der Waals surface area contributed by atoms with Crippen molar-refractivity contribution in [2.75, 3.05) is 13.7 Å². The number of carbonyl (C=O) groups excluding carboxylic acids is 1. The molecule has 0 saturated heterocycles. The molecule has 0 saturated carbocycles. The highest BCUT2D eigenvalue weighted by molar-refractivity contribution is 5.95. The van der Waals surface area contributed by atoms with Crippen molar-refractivity contribution in [1.29, 1.82) is 0 Å². The topological polar surface area (TPSA) is 52.5 Å². The Balaban J connectivity index is 1.86. The van der Waals surface area contributed by atoms with Crippen molar-refractivity contribution in [2.24, 2.45) is 0 Å². The van der Waals surface area contributed by atoms with E-state index in [0.717, 1.165) is 27.9 Å². The molecule has 1 atom stereocenters. The van der Waals surface area contributed by atoms with Crippen LogP contribution in [0.5, 0.6) is 5.75 Å². The van der Waals surface area contributed by atoms with Crippen LogP contribution in [0.25, 0.3) is 17.0 Å². The number of nitrogens with one attached hydrogen (secondary N) is 1. The lowest BCUT2D eigenvalue weighted by molar-refractivity contribution is -0.139. The van der Waals surface area contributed by atoms with Gasteiger partial charge in [-0.2, -0.15) is 0 Å². The summed E-state index contributed by atoms with van der Waals surface area (Å²) in [5.41, 5.74) is 3.56. The molecule has 0 amide bonds. The van der Waals surface area contributed by atoms with Crippen LogP contribution < -0.4 is 10.1 Å². The van der Waals surface area contributed by atoms with Crippen LogP contribution in [0.4, 0.5) is 0 Å². The second-order valence-electron chi connectivity index (χ2n) is 6.10. The number of esters is 1. The van der Waals surface area contributed by atoms with E-state index in [0.29, 0.717) is 12.3 Å². The number of methoxy groups -OCH3 is 1. The number of hydrogen-bond acceptors (Lipinski definition) is 4. The van der Waals surface area contributed by atoms with Crippen LogP contribution in [0, 0.1) is 0 Å². The number of rotatable bonds is 4. The summed E-state index contributed by atoms with van der Waals surface area (Å²) in [6.07, 6.45) is 1.64. The quantitative estimate of drug-likeness (QED) is 0.731. The molecule has 0 fully saturated rings. The van der Waals surface area contributed by atoms with Gasteiger partial charge in [-0.15, -0.1) is 0 Å². The molecule has 1 unspecified atom stereocenters. The van der Waals surface area contributed by atoms with Gasteiger partial charge < -0.3 is 19.4 Å². The van der Waals surface area contributed by atoms with E-state index in [1.54, 1.807) is 14.0 Å². The van der Waals surface area contributed by atoms with Gasteiger partial charge in [-0.1, -0.05) is 30.3 Å². The maximum atomic E-state index is 12.3. The van der Waals surface area contributed by atoms with Crippen molar-refractivity contribution < 1.29 is 14.3 Å². The average molecular weight is 348 g/mol. The summed E-state index contributed by atoms with van der Waals surface area (Å²) in [6.45, 7) is 2.15. The summed E-state index contributed by atoms with van der Waals surface area (Å²) in [4.78, 5) is 12.3. The number of carbonyl (C=O) groups is 1. The average Bonchev–Trinajstić information content (AvgIpc) is 3.06. The van der Waals surface area contributed by atoms with Crippen molar-refractivity contribution in [3.8, 4) is 5.75 Å². The number of hydrogen-bond donors (Lipinski definition) is 1. The van der Waals surface area contributed by atoms with E-state index in [2.05, 4.69) is 28.1 Å². The van der Waals surface area contributed by atoms with Crippen molar-refractivity contribution in [3.63, 3.8) is 0 Å². The molecule has 5 heteroatoms. The Labute approximate surface area is 151 Å². The Morgan fingerprint density at radius 3 is 2.65 bits per heavy atom. The molecule has 3 aromatic rings. The third kappa shape index (κ3) is 2.71. The van der Waals surface area contributed by atoms with Gasteiger partial charge in [-0.3, -0.25) is 0 Å². The second-order valence-corrected chi connectivity index (χ2v) is 6.10. The first-order valence-electron chi connectivity index (χ1n) is 8.60. The summed E-state index contributed by atoms with van der Waals surface area (Å²) in [5.74, 6) is 0.450. The molecule has 0 spiro atoms. The molecule has 2 aromatic carbocycles. The lowest BCUT2D eigenvalue weighted by atomic mass is 10.1. The van der Waals surface area contributed by atoms with Gasteiger partial charge in [0.15, 0.2) is 0 Å². The predicted octanol–water partition coefficient (Wildman–Crippen LogP) is 3.70. The van der Waals surface area contributed by atoms with E-state index in [-0.39, 0.29) is 12.1 Å². The van der Waals surface area contributed by atoms with Gasteiger partial charge in [0, 0.05) is 11.1 Å². The van der Waals surface area contributed by atoms with E-state index in [4.69, 9.17) is 9.47 Å².